The quantitative estimate of drug-likeness (QED) is 0.341. The van der Waals surface area contributed by atoms with Crippen LogP contribution < -0.4 is 10.2 Å². The Hall–Kier alpha value is -1.82. The number of hydrogen-bond acceptors (Lipinski definition) is 5. The number of nitrogen functional groups attached to an aromatic ring is 1. The summed E-state index contributed by atoms with van der Waals surface area (Å²) in [6.45, 7) is 17.9. The standard InChI is InChI=1S/C13H22N2OSi.C6H12O2/c1-13(2,3)17(4,5)16-11-6-7-12(15)10(8-11)9-14;1-5(7)8-6(2,3)4/h6-9,14H,15H2,1-5H3;1-4H3. The molecule has 0 radical (unpaired) electrons. The van der Waals surface area contributed by atoms with Crippen molar-refractivity contribution in [2.24, 2.45) is 0 Å². The van der Waals surface area contributed by atoms with Gasteiger partial charge in [-0.05, 0) is 57.1 Å². The van der Waals surface area contributed by atoms with Gasteiger partial charge in [-0.1, -0.05) is 20.8 Å². The molecule has 3 N–H and O–H groups in total. The van der Waals surface area contributed by atoms with Gasteiger partial charge in [0.2, 0.25) is 8.32 Å². The molecule has 0 heterocycles. The van der Waals surface area contributed by atoms with E-state index in [4.69, 9.17) is 20.3 Å². The topological polar surface area (TPSA) is 85.4 Å². The van der Waals surface area contributed by atoms with E-state index in [1.54, 1.807) is 6.07 Å². The van der Waals surface area contributed by atoms with E-state index in [0.717, 1.165) is 5.75 Å². The van der Waals surface area contributed by atoms with Gasteiger partial charge in [0, 0.05) is 24.4 Å². The first kappa shape index (κ1) is 23.2. The molecule has 0 amide bonds. The Labute approximate surface area is 153 Å². The van der Waals surface area contributed by atoms with Crippen molar-refractivity contribution in [2.45, 2.75) is 72.2 Å². The highest BCUT2D eigenvalue weighted by Crippen LogP contribution is 2.37. The summed E-state index contributed by atoms with van der Waals surface area (Å²) in [6, 6.07) is 5.51. The number of nitrogens with one attached hydrogen (secondary N) is 1. The van der Waals surface area contributed by atoms with Crippen LogP contribution in [-0.4, -0.2) is 26.1 Å². The summed E-state index contributed by atoms with van der Waals surface area (Å²) in [5.41, 5.74) is 6.75. The fourth-order valence-corrected chi connectivity index (χ4v) is 2.64. The second-order valence-electron chi connectivity index (χ2n) is 8.50. The van der Waals surface area contributed by atoms with E-state index in [0.29, 0.717) is 11.3 Å². The van der Waals surface area contributed by atoms with Gasteiger partial charge in [-0.25, -0.2) is 0 Å². The molecule has 0 saturated carbocycles. The Morgan fingerprint density at radius 2 is 1.68 bits per heavy atom. The molecule has 0 spiro atoms. The maximum Gasteiger partial charge on any atom is 0.303 e. The van der Waals surface area contributed by atoms with Gasteiger partial charge in [0.1, 0.15) is 11.4 Å². The average molecular weight is 367 g/mol. The van der Waals surface area contributed by atoms with Gasteiger partial charge in [0.25, 0.3) is 0 Å². The van der Waals surface area contributed by atoms with Gasteiger partial charge < -0.3 is 20.3 Å². The first-order valence-corrected chi connectivity index (χ1v) is 11.3. The second-order valence-corrected chi connectivity index (χ2v) is 13.2. The molecule has 0 aromatic heterocycles. The Kier molecular flexibility index (Phi) is 7.89. The van der Waals surface area contributed by atoms with E-state index in [2.05, 4.69) is 33.9 Å². The number of rotatable bonds is 3. The molecule has 0 saturated heterocycles. The first-order chi connectivity index (χ1) is 11.1. The van der Waals surface area contributed by atoms with E-state index in [1.807, 2.05) is 32.9 Å². The van der Waals surface area contributed by atoms with Gasteiger partial charge in [0.05, 0.1) is 0 Å². The van der Waals surface area contributed by atoms with Crippen LogP contribution in [-0.2, 0) is 9.53 Å². The predicted octanol–water partition coefficient (Wildman–Crippen LogP) is 5.00. The summed E-state index contributed by atoms with van der Waals surface area (Å²) in [5, 5.41) is 7.45. The Bertz CT molecular complexity index is 600. The molecule has 25 heavy (non-hydrogen) atoms. The zero-order valence-electron chi connectivity index (χ0n) is 17.1. The van der Waals surface area contributed by atoms with E-state index < -0.39 is 8.32 Å². The van der Waals surface area contributed by atoms with Gasteiger partial charge in [-0.3, -0.25) is 4.79 Å². The molecule has 142 valence electrons. The third kappa shape index (κ3) is 8.72. The molecule has 1 rings (SSSR count). The third-order valence-electron chi connectivity index (χ3n) is 3.84. The molecule has 0 aliphatic carbocycles. The maximum atomic E-state index is 10.2. The molecule has 1 aromatic rings. The molecule has 0 fully saturated rings. The molecule has 6 heteroatoms. The minimum Gasteiger partial charge on any atom is -0.543 e. The van der Waals surface area contributed by atoms with Crippen LogP contribution in [0.15, 0.2) is 18.2 Å². The van der Waals surface area contributed by atoms with Crippen LogP contribution >= 0.6 is 0 Å². The number of hydrogen-bond donors (Lipinski definition) is 2. The summed E-state index contributed by atoms with van der Waals surface area (Å²) in [6.07, 6.45) is 1.26. The number of ether oxygens (including phenoxy) is 1. The molecule has 0 bridgehead atoms. The summed E-state index contributed by atoms with van der Waals surface area (Å²) in [5.74, 6) is 0.585. The van der Waals surface area contributed by atoms with Crippen molar-refractivity contribution in [2.75, 3.05) is 5.73 Å². The van der Waals surface area contributed by atoms with Gasteiger partial charge in [0.15, 0.2) is 0 Å². The summed E-state index contributed by atoms with van der Waals surface area (Å²) >= 11 is 0. The Balaban J connectivity index is 0.000000609. The van der Waals surface area contributed by atoms with E-state index in [1.165, 1.54) is 13.1 Å². The molecular formula is C19H34N2O3Si. The van der Waals surface area contributed by atoms with Crippen molar-refractivity contribution in [3.63, 3.8) is 0 Å². The van der Waals surface area contributed by atoms with Gasteiger partial charge in [-0.15, -0.1) is 0 Å². The van der Waals surface area contributed by atoms with E-state index in [-0.39, 0.29) is 16.6 Å². The van der Waals surface area contributed by atoms with Gasteiger partial charge in [-0.2, -0.15) is 0 Å². The second kappa shape index (κ2) is 8.51. The van der Waals surface area contributed by atoms with Crippen LogP contribution in [0.3, 0.4) is 0 Å². The third-order valence-corrected chi connectivity index (χ3v) is 8.20. The fraction of sp³-hybridized carbons (Fsp3) is 0.579. The van der Waals surface area contributed by atoms with Crippen molar-refractivity contribution in [1.29, 1.82) is 5.41 Å². The minimum absolute atomic E-state index is 0.166. The number of carbonyl (C=O) groups is 1. The molecule has 0 aliphatic heterocycles. The smallest absolute Gasteiger partial charge is 0.303 e. The molecule has 0 atom stereocenters. The van der Waals surface area contributed by atoms with Gasteiger partial charge >= 0.3 is 5.97 Å². The van der Waals surface area contributed by atoms with Crippen molar-refractivity contribution in [3.05, 3.63) is 23.8 Å². The lowest BCUT2D eigenvalue weighted by atomic mass is 10.2. The zero-order valence-corrected chi connectivity index (χ0v) is 18.1. The minimum atomic E-state index is -1.81. The van der Waals surface area contributed by atoms with Crippen LogP contribution in [0.5, 0.6) is 5.75 Å². The Morgan fingerprint density at radius 1 is 1.16 bits per heavy atom. The maximum absolute atomic E-state index is 10.2. The largest absolute Gasteiger partial charge is 0.543 e. The van der Waals surface area contributed by atoms with Crippen molar-refractivity contribution >= 4 is 26.2 Å². The molecule has 1 aromatic carbocycles. The highest BCUT2D eigenvalue weighted by Gasteiger charge is 2.38. The van der Waals surface area contributed by atoms with Crippen molar-refractivity contribution < 1.29 is 14.0 Å². The SMILES string of the molecule is CC(=O)OC(C)(C)C.CC(C)(C)[Si](C)(C)Oc1ccc(N)c(C=N)c1. The Morgan fingerprint density at radius 3 is 2.00 bits per heavy atom. The lowest BCUT2D eigenvalue weighted by molar-refractivity contribution is -0.151. The fourth-order valence-electron chi connectivity index (χ4n) is 1.62. The van der Waals surface area contributed by atoms with Crippen LogP contribution in [0.1, 0.15) is 54.0 Å². The first-order valence-electron chi connectivity index (χ1n) is 8.37. The molecule has 0 aliphatic rings. The zero-order chi connectivity index (χ0) is 20.1. The molecule has 0 unspecified atom stereocenters. The number of benzene rings is 1. The number of nitrogens with two attached hydrogens (primary N) is 1. The summed E-state index contributed by atoms with van der Waals surface area (Å²) in [4.78, 5) is 10.2. The average Bonchev–Trinajstić information content (AvgIpc) is 2.37. The van der Waals surface area contributed by atoms with Crippen LogP contribution in [0, 0.1) is 5.41 Å². The van der Waals surface area contributed by atoms with Crippen molar-refractivity contribution in [1.82, 2.24) is 0 Å². The van der Waals surface area contributed by atoms with Crippen LogP contribution in [0.2, 0.25) is 18.1 Å². The highest BCUT2D eigenvalue weighted by molar-refractivity contribution is 6.74. The lowest BCUT2D eigenvalue weighted by Crippen LogP contribution is -2.43. The van der Waals surface area contributed by atoms with Crippen LogP contribution in [0.4, 0.5) is 5.69 Å². The predicted molar refractivity (Wildman–Crippen MR) is 108 cm³/mol. The summed E-state index contributed by atoms with van der Waals surface area (Å²) in [7, 11) is -1.81. The lowest BCUT2D eigenvalue weighted by Gasteiger charge is -2.36. The number of anilines is 1. The van der Waals surface area contributed by atoms with E-state index >= 15 is 0 Å². The monoisotopic (exact) mass is 366 g/mol. The normalized spacial score (nSPS) is 11.9. The number of carbonyl (C=O) groups excluding carboxylic acids is 1. The molecular weight excluding hydrogens is 332 g/mol. The van der Waals surface area contributed by atoms with Crippen LogP contribution in [0.25, 0.3) is 0 Å². The van der Waals surface area contributed by atoms with E-state index in [9.17, 15) is 4.79 Å². The molecule has 5 nitrogen and oxygen atoms in total. The number of esters is 1. The highest BCUT2D eigenvalue weighted by atomic mass is 28.4. The van der Waals surface area contributed by atoms with Crippen molar-refractivity contribution in [3.8, 4) is 5.75 Å². The summed E-state index contributed by atoms with van der Waals surface area (Å²) < 4.78 is 10.9.